The number of hydrogen-bond acceptors (Lipinski definition) is 6. The van der Waals surface area contributed by atoms with Crippen LogP contribution in [0.3, 0.4) is 0 Å². The van der Waals surface area contributed by atoms with Crippen molar-refractivity contribution < 1.29 is 14.2 Å². The van der Waals surface area contributed by atoms with Crippen LogP contribution in [0.15, 0.2) is 30.6 Å². The van der Waals surface area contributed by atoms with Gasteiger partial charge in [0.05, 0.1) is 18.1 Å². The predicted octanol–water partition coefficient (Wildman–Crippen LogP) is 1.37. The number of nitrogen functional groups attached to an aromatic ring is 1. The molecule has 6 heteroatoms. The molecular weight excluding hydrogens is 234 g/mol. The van der Waals surface area contributed by atoms with E-state index in [0.29, 0.717) is 29.6 Å². The van der Waals surface area contributed by atoms with E-state index in [2.05, 4.69) is 9.97 Å². The van der Waals surface area contributed by atoms with Gasteiger partial charge in [0.2, 0.25) is 6.79 Å². The number of hydrogen-bond donors (Lipinski definition) is 1. The van der Waals surface area contributed by atoms with Crippen LogP contribution in [0.1, 0.15) is 5.69 Å². The first-order chi connectivity index (χ1) is 8.81. The van der Waals surface area contributed by atoms with Gasteiger partial charge in [0.15, 0.2) is 11.5 Å². The van der Waals surface area contributed by atoms with Gasteiger partial charge in [-0.05, 0) is 12.1 Å². The summed E-state index contributed by atoms with van der Waals surface area (Å²) in [5.74, 6) is 2.50. The second-order valence-corrected chi connectivity index (χ2v) is 3.74. The minimum absolute atomic E-state index is 0.252. The molecule has 0 amide bonds. The number of nitrogens with zero attached hydrogens (tertiary/aromatic N) is 2. The van der Waals surface area contributed by atoms with E-state index in [4.69, 9.17) is 19.9 Å². The van der Waals surface area contributed by atoms with Crippen LogP contribution in [0.4, 0.5) is 5.82 Å². The van der Waals surface area contributed by atoms with Crippen molar-refractivity contribution in [2.45, 2.75) is 6.61 Å². The number of rotatable bonds is 3. The monoisotopic (exact) mass is 245 g/mol. The quantitative estimate of drug-likeness (QED) is 0.879. The van der Waals surface area contributed by atoms with Crippen molar-refractivity contribution in [3.63, 3.8) is 0 Å². The summed E-state index contributed by atoms with van der Waals surface area (Å²) in [5.41, 5.74) is 6.16. The summed E-state index contributed by atoms with van der Waals surface area (Å²) in [6.07, 6.45) is 3.08. The minimum atomic E-state index is 0.252. The summed E-state index contributed by atoms with van der Waals surface area (Å²) < 4.78 is 16.1. The molecule has 0 saturated carbocycles. The zero-order valence-electron chi connectivity index (χ0n) is 9.50. The molecule has 0 radical (unpaired) electrons. The Hall–Kier alpha value is -2.50. The summed E-state index contributed by atoms with van der Waals surface area (Å²) in [6.45, 7) is 0.579. The van der Waals surface area contributed by atoms with Gasteiger partial charge < -0.3 is 19.9 Å². The number of benzene rings is 1. The fourth-order valence-corrected chi connectivity index (χ4v) is 1.56. The molecule has 2 N–H and O–H groups in total. The number of nitrogens with two attached hydrogens (primary N) is 1. The summed E-state index contributed by atoms with van der Waals surface area (Å²) in [6, 6.07) is 5.41. The molecule has 1 aromatic carbocycles. The van der Waals surface area contributed by atoms with Gasteiger partial charge in [0.25, 0.3) is 0 Å². The molecule has 0 saturated heterocycles. The van der Waals surface area contributed by atoms with Crippen molar-refractivity contribution in [2.24, 2.45) is 0 Å². The molecule has 0 aliphatic carbocycles. The summed E-state index contributed by atoms with van der Waals surface area (Å²) >= 11 is 0. The highest BCUT2D eigenvalue weighted by Crippen LogP contribution is 2.35. The van der Waals surface area contributed by atoms with Gasteiger partial charge in [-0.3, -0.25) is 4.98 Å². The second kappa shape index (κ2) is 4.40. The summed E-state index contributed by atoms with van der Waals surface area (Å²) in [4.78, 5) is 8.04. The Morgan fingerprint density at radius 3 is 2.89 bits per heavy atom. The molecule has 0 bridgehead atoms. The smallest absolute Gasteiger partial charge is 0.231 e. The van der Waals surface area contributed by atoms with E-state index >= 15 is 0 Å². The Bertz CT molecular complexity index is 557. The SMILES string of the molecule is Nc1cnc(COc2ccc3c(c2)OCO3)cn1. The molecule has 18 heavy (non-hydrogen) atoms. The molecule has 1 aromatic heterocycles. The Kier molecular flexibility index (Phi) is 2.60. The van der Waals surface area contributed by atoms with E-state index < -0.39 is 0 Å². The highest BCUT2D eigenvalue weighted by atomic mass is 16.7. The lowest BCUT2D eigenvalue weighted by Gasteiger charge is -2.06. The molecule has 3 rings (SSSR count). The van der Waals surface area contributed by atoms with E-state index in [0.717, 1.165) is 5.75 Å². The lowest BCUT2D eigenvalue weighted by atomic mass is 10.3. The van der Waals surface area contributed by atoms with Gasteiger partial charge in [-0.15, -0.1) is 0 Å². The zero-order chi connectivity index (χ0) is 12.4. The van der Waals surface area contributed by atoms with Crippen LogP contribution < -0.4 is 19.9 Å². The topological polar surface area (TPSA) is 79.5 Å². The van der Waals surface area contributed by atoms with E-state index in [1.807, 2.05) is 12.1 Å². The number of aromatic nitrogens is 2. The molecule has 92 valence electrons. The zero-order valence-corrected chi connectivity index (χ0v) is 9.50. The summed E-state index contributed by atoms with van der Waals surface area (Å²) in [5, 5.41) is 0. The van der Waals surface area contributed by atoms with Crippen LogP contribution in [0.2, 0.25) is 0 Å². The molecule has 1 aliphatic heterocycles. The van der Waals surface area contributed by atoms with Crippen LogP contribution in [-0.4, -0.2) is 16.8 Å². The molecule has 2 aromatic rings. The average molecular weight is 245 g/mol. The van der Waals surface area contributed by atoms with Crippen molar-refractivity contribution in [2.75, 3.05) is 12.5 Å². The molecular formula is C12H11N3O3. The van der Waals surface area contributed by atoms with E-state index in [1.165, 1.54) is 6.20 Å². The minimum Gasteiger partial charge on any atom is -0.487 e. The fraction of sp³-hybridized carbons (Fsp3) is 0.167. The number of ether oxygens (including phenoxy) is 3. The Morgan fingerprint density at radius 1 is 1.17 bits per heavy atom. The number of fused-ring (bicyclic) bond motifs is 1. The first-order valence-corrected chi connectivity index (χ1v) is 5.40. The van der Waals surface area contributed by atoms with Crippen LogP contribution in [0, 0.1) is 0 Å². The number of anilines is 1. The van der Waals surface area contributed by atoms with Crippen molar-refractivity contribution >= 4 is 5.82 Å². The Morgan fingerprint density at radius 2 is 2.06 bits per heavy atom. The van der Waals surface area contributed by atoms with E-state index in [-0.39, 0.29) is 6.79 Å². The summed E-state index contributed by atoms with van der Waals surface area (Å²) in [7, 11) is 0. The molecule has 0 spiro atoms. The maximum Gasteiger partial charge on any atom is 0.231 e. The van der Waals surface area contributed by atoms with Crippen molar-refractivity contribution in [1.29, 1.82) is 0 Å². The van der Waals surface area contributed by atoms with Crippen molar-refractivity contribution in [3.8, 4) is 17.2 Å². The largest absolute Gasteiger partial charge is 0.487 e. The highest BCUT2D eigenvalue weighted by Gasteiger charge is 2.13. The first-order valence-electron chi connectivity index (χ1n) is 5.40. The third kappa shape index (κ3) is 2.13. The van der Waals surface area contributed by atoms with E-state index in [1.54, 1.807) is 12.3 Å². The van der Waals surface area contributed by atoms with Crippen LogP contribution in [0.25, 0.3) is 0 Å². The third-order valence-corrected chi connectivity index (χ3v) is 2.46. The van der Waals surface area contributed by atoms with Gasteiger partial charge in [0.1, 0.15) is 18.2 Å². The third-order valence-electron chi connectivity index (χ3n) is 2.46. The average Bonchev–Trinajstić information content (AvgIpc) is 2.85. The van der Waals surface area contributed by atoms with Crippen molar-refractivity contribution in [3.05, 3.63) is 36.3 Å². The Balaban J connectivity index is 1.68. The molecule has 0 atom stereocenters. The molecule has 0 unspecified atom stereocenters. The van der Waals surface area contributed by atoms with Gasteiger partial charge in [-0.2, -0.15) is 0 Å². The predicted molar refractivity (Wildman–Crippen MR) is 63.3 cm³/mol. The van der Waals surface area contributed by atoms with Crippen LogP contribution >= 0.6 is 0 Å². The fourth-order valence-electron chi connectivity index (χ4n) is 1.56. The Labute approximate surface area is 103 Å². The van der Waals surface area contributed by atoms with Gasteiger partial charge >= 0.3 is 0 Å². The molecule has 2 heterocycles. The van der Waals surface area contributed by atoms with Gasteiger partial charge in [-0.1, -0.05) is 0 Å². The molecule has 0 fully saturated rings. The normalized spacial score (nSPS) is 12.4. The van der Waals surface area contributed by atoms with Crippen LogP contribution in [0.5, 0.6) is 17.2 Å². The standard InChI is InChI=1S/C12H11N3O3/c13-12-5-14-8(4-15-12)6-16-9-1-2-10-11(3-9)18-7-17-10/h1-5H,6-7H2,(H2,13,15). The van der Waals surface area contributed by atoms with Crippen LogP contribution in [-0.2, 0) is 6.61 Å². The molecule has 1 aliphatic rings. The molecule has 6 nitrogen and oxygen atoms in total. The lowest BCUT2D eigenvalue weighted by Crippen LogP contribution is -2.00. The lowest BCUT2D eigenvalue weighted by molar-refractivity contribution is 0.173. The second-order valence-electron chi connectivity index (χ2n) is 3.74. The highest BCUT2D eigenvalue weighted by molar-refractivity contribution is 5.46. The van der Waals surface area contributed by atoms with Gasteiger partial charge in [0, 0.05) is 6.07 Å². The van der Waals surface area contributed by atoms with Gasteiger partial charge in [-0.25, -0.2) is 4.98 Å². The first kappa shape index (κ1) is 10.6. The maximum absolute atomic E-state index is 5.58. The maximum atomic E-state index is 5.58. The van der Waals surface area contributed by atoms with Crippen molar-refractivity contribution in [1.82, 2.24) is 9.97 Å². The van der Waals surface area contributed by atoms with E-state index in [9.17, 15) is 0 Å².